The number of thioether (sulfide) groups is 1. The summed E-state index contributed by atoms with van der Waals surface area (Å²) in [4.78, 5) is -0.431. The molecule has 0 spiro atoms. The van der Waals surface area contributed by atoms with E-state index >= 15 is 0 Å². The van der Waals surface area contributed by atoms with Crippen molar-refractivity contribution < 1.29 is 0 Å². The maximum Gasteiger partial charge on any atom is 0.237 e. The summed E-state index contributed by atoms with van der Waals surface area (Å²) < 4.78 is 0. The lowest BCUT2D eigenvalue weighted by Crippen LogP contribution is -2.07. The highest BCUT2D eigenvalue weighted by Crippen LogP contribution is 2.29. The molecule has 8 heavy (non-hydrogen) atoms. The number of hydrogen-bond acceptors (Lipinski definition) is 5. The summed E-state index contributed by atoms with van der Waals surface area (Å²) in [6, 6.07) is 0. The van der Waals surface area contributed by atoms with E-state index in [1.807, 2.05) is 13.2 Å². The standard InChI is InChI=1S/C3H6N4S/c1-3(8-2)4-6-7-5-3/h1-2H3. The quantitative estimate of drug-likeness (QED) is 0.534. The highest BCUT2D eigenvalue weighted by atomic mass is 32.2. The molecule has 0 saturated heterocycles. The van der Waals surface area contributed by atoms with Crippen LogP contribution in [-0.4, -0.2) is 11.3 Å². The molecule has 0 amide bonds. The first kappa shape index (κ1) is 5.68. The fourth-order valence-electron chi connectivity index (χ4n) is 0.308. The van der Waals surface area contributed by atoms with Gasteiger partial charge in [0.05, 0.1) is 0 Å². The van der Waals surface area contributed by atoms with Crippen LogP contribution in [0.25, 0.3) is 0 Å². The molecule has 4 nitrogen and oxygen atoms in total. The van der Waals surface area contributed by atoms with Gasteiger partial charge in [0.15, 0.2) is 0 Å². The Morgan fingerprint density at radius 2 is 1.75 bits per heavy atom. The lowest BCUT2D eigenvalue weighted by molar-refractivity contribution is 0.713. The van der Waals surface area contributed by atoms with Crippen molar-refractivity contribution in [3.63, 3.8) is 0 Å². The predicted octanol–water partition coefficient (Wildman–Crippen LogP) is 1.86. The molecule has 1 aliphatic rings. The summed E-state index contributed by atoms with van der Waals surface area (Å²) in [5.74, 6) is 0. The molecule has 0 bridgehead atoms. The van der Waals surface area contributed by atoms with E-state index in [1.165, 1.54) is 11.8 Å². The Labute approximate surface area is 51.5 Å². The van der Waals surface area contributed by atoms with E-state index in [4.69, 9.17) is 0 Å². The molecule has 0 aromatic heterocycles. The van der Waals surface area contributed by atoms with Gasteiger partial charge in [-0.2, -0.15) is 0 Å². The molecule has 1 rings (SSSR count). The van der Waals surface area contributed by atoms with Crippen LogP contribution in [0.5, 0.6) is 0 Å². The first-order valence-corrected chi connectivity index (χ1v) is 3.38. The van der Waals surface area contributed by atoms with Gasteiger partial charge in [0, 0.05) is 0 Å². The second kappa shape index (κ2) is 1.81. The van der Waals surface area contributed by atoms with Gasteiger partial charge in [-0.05, 0) is 23.6 Å². The molecule has 0 unspecified atom stereocenters. The van der Waals surface area contributed by atoms with Gasteiger partial charge in [-0.15, -0.1) is 22.0 Å². The summed E-state index contributed by atoms with van der Waals surface area (Å²) in [6.07, 6.45) is 1.92. The molecule has 0 atom stereocenters. The normalized spacial score (nSPS) is 22.2. The van der Waals surface area contributed by atoms with E-state index < -0.39 is 4.99 Å². The molecular weight excluding hydrogens is 124 g/mol. The second-order valence-electron chi connectivity index (χ2n) is 1.52. The first-order chi connectivity index (χ1) is 3.77. The minimum Gasteiger partial charge on any atom is -0.124 e. The summed E-state index contributed by atoms with van der Waals surface area (Å²) in [6.45, 7) is 1.86. The van der Waals surface area contributed by atoms with Gasteiger partial charge in [0.1, 0.15) is 0 Å². The van der Waals surface area contributed by atoms with Crippen LogP contribution in [0.2, 0.25) is 0 Å². The van der Waals surface area contributed by atoms with Crippen molar-refractivity contribution in [3.8, 4) is 0 Å². The third-order valence-corrected chi connectivity index (χ3v) is 1.82. The Morgan fingerprint density at radius 1 is 1.25 bits per heavy atom. The molecule has 0 aromatic carbocycles. The van der Waals surface area contributed by atoms with Crippen LogP contribution in [0.3, 0.4) is 0 Å². The van der Waals surface area contributed by atoms with Crippen molar-refractivity contribution in [2.75, 3.05) is 6.26 Å². The monoisotopic (exact) mass is 130 g/mol. The zero-order valence-electron chi connectivity index (χ0n) is 4.70. The summed E-state index contributed by atoms with van der Waals surface area (Å²) in [5.41, 5.74) is 0. The van der Waals surface area contributed by atoms with E-state index in [-0.39, 0.29) is 0 Å². The Kier molecular flexibility index (Phi) is 1.29. The molecule has 1 heterocycles. The molecule has 5 heteroatoms. The van der Waals surface area contributed by atoms with Gasteiger partial charge in [-0.25, -0.2) is 0 Å². The highest BCUT2D eigenvalue weighted by Gasteiger charge is 2.24. The lowest BCUT2D eigenvalue weighted by Gasteiger charge is -2.06. The van der Waals surface area contributed by atoms with Gasteiger partial charge in [0.2, 0.25) is 4.99 Å². The topological polar surface area (TPSA) is 49.4 Å². The average Bonchev–Trinajstić information content (AvgIpc) is 2.17. The fourth-order valence-corrected chi connectivity index (χ4v) is 0.544. The predicted molar refractivity (Wildman–Crippen MR) is 31.6 cm³/mol. The van der Waals surface area contributed by atoms with Gasteiger partial charge >= 0.3 is 0 Å². The minimum atomic E-state index is -0.431. The summed E-state index contributed by atoms with van der Waals surface area (Å²) >= 11 is 1.51. The third-order valence-electron chi connectivity index (χ3n) is 0.887. The van der Waals surface area contributed by atoms with Gasteiger partial charge in [0.25, 0.3) is 0 Å². The lowest BCUT2D eigenvalue weighted by atomic mass is 10.6. The second-order valence-corrected chi connectivity index (χ2v) is 2.70. The van der Waals surface area contributed by atoms with Crippen molar-refractivity contribution in [1.82, 2.24) is 0 Å². The molecule has 0 N–H and O–H groups in total. The molecule has 44 valence electrons. The molecule has 0 radical (unpaired) electrons. The van der Waals surface area contributed by atoms with Crippen LogP contribution in [0, 0.1) is 0 Å². The molecule has 0 saturated carbocycles. The first-order valence-electron chi connectivity index (χ1n) is 2.16. The smallest absolute Gasteiger partial charge is 0.124 e. The Morgan fingerprint density at radius 3 is 2.00 bits per heavy atom. The number of hydrogen-bond donors (Lipinski definition) is 0. The van der Waals surface area contributed by atoms with Crippen LogP contribution < -0.4 is 0 Å². The largest absolute Gasteiger partial charge is 0.237 e. The van der Waals surface area contributed by atoms with Crippen LogP contribution >= 0.6 is 11.8 Å². The van der Waals surface area contributed by atoms with Crippen LogP contribution in [0.4, 0.5) is 0 Å². The van der Waals surface area contributed by atoms with E-state index in [1.54, 1.807) is 0 Å². The van der Waals surface area contributed by atoms with E-state index in [0.29, 0.717) is 0 Å². The van der Waals surface area contributed by atoms with Crippen molar-refractivity contribution in [3.05, 3.63) is 0 Å². The van der Waals surface area contributed by atoms with Crippen molar-refractivity contribution in [1.29, 1.82) is 0 Å². The van der Waals surface area contributed by atoms with E-state index in [0.717, 1.165) is 0 Å². The molecule has 1 aliphatic heterocycles. The Hall–Kier alpha value is -0.450. The van der Waals surface area contributed by atoms with Crippen LogP contribution in [-0.2, 0) is 0 Å². The zero-order chi connectivity index (χ0) is 6.04. The van der Waals surface area contributed by atoms with Crippen molar-refractivity contribution in [2.45, 2.75) is 11.9 Å². The van der Waals surface area contributed by atoms with E-state index in [2.05, 4.69) is 20.7 Å². The van der Waals surface area contributed by atoms with Crippen LogP contribution in [0.1, 0.15) is 6.92 Å². The highest BCUT2D eigenvalue weighted by molar-refractivity contribution is 7.99. The average molecular weight is 130 g/mol. The van der Waals surface area contributed by atoms with Crippen molar-refractivity contribution in [2.24, 2.45) is 20.7 Å². The molecule has 0 fully saturated rings. The number of nitrogens with zero attached hydrogens (tertiary/aromatic N) is 4. The number of rotatable bonds is 1. The molecule has 0 aromatic rings. The maximum atomic E-state index is 3.74. The molecule has 0 aliphatic carbocycles. The fraction of sp³-hybridized carbons (Fsp3) is 1.00. The van der Waals surface area contributed by atoms with Crippen LogP contribution in [0.15, 0.2) is 20.7 Å². The molecular formula is C3H6N4S. The minimum absolute atomic E-state index is 0.431. The Balaban J connectivity index is 2.69. The van der Waals surface area contributed by atoms with Gasteiger partial charge < -0.3 is 0 Å². The maximum absolute atomic E-state index is 3.74. The SMILES string of the molecule is CSC1(C)N=NN=N1. The zero-order valence-corrected chi connectivity index (χ0v) is 5.51. The summed E-state index contributed by atoms with van der Waals surface area (Å²) in [7, 11) is 0. The Bertz CT molecular complexity index is 128. The van der Waals surface area contributed by atoms with Crippen molar-refractivity contribution >= 4 is 11.8 Å². The summed E-state index contributed by atoms with van der Waals surface area (Å²) in [5, 5.41) is 14.2. The van der Waals surface area contributed by atoms with Gasteiger partial charge in [-0.1, -0.05) is 0 Å². The van der Waals surface area contributed by atoms with Gasteiger partial charge in [-0.3, -0.25) is 0 Å². The third kappa shape index (κ3) is 0.861. The van der Waals surface area contributed by atoms with E-state index in [9.17, 15) is 0 Å².